The number of carbonyl (C=O) groups is 2. The summed E-state index contributed by atoms with van der Waals surface area (Å²) in [5, 5.41) is 9.48. The molecule has 4 heterocycles. The molecule has 10 nitrogen and oxygen atoms in total. The molecule has 4 aromatic rings. The van der Waals surface area contributed by atoms with Gasteiger partial charge in [0.1, 0.15) is 11.6 Å². The Balaban J connectivity index is 1.32. The standard InChI is InChI=1S/C31H27N7O3/c1-41-27-13-17-34-29(35-27)38-30(40)37(25-11-9-23(10-12-25)22-6-3-2-4-7-22)28(39)31(38)14-18-36(19-15-31)21-26-24(20-32)8-5-16-33-26/h2-13,16-17H,14-15,18-19,21H2,1H3. The highest BCUT2D eigenvalue weighted by atomic mass is 16.5. The number of nitriles is 1. The molecular weight excluding hydrogens is 518 g/mol. The van der Waals surface area contributed by atoms with Gasteiger partial charge in [0.2, 0.25) is 11.8 Å². The number of methoxy groups -OCH3 is 1. The number of pyridine rings is 1. The van der Waals surface area contributed by atoms with Crippen molar-refractivity contribution in [2.24, 2.45) is 0 Å². The summed E-state index contributed by atoms with van der Waals surface area (Å²) in [6.07, 6.45) is 3.92. The fraction of sp³-hybridized carbons (Fsp3) is 0.226. The van der Waals surface area contributed by atoms with Gasteiger partial charge in [-0.2, -0.15) is 10.2 Å². The Bertz CT molecular complexity index is 1630. The lowest BCUT2D eigenvalue weighted by molar-refractivity contribution is -0.123. The van der Waals surface area contributed by atoms with Crippen molar-refractivity contribution in [3.05, 3.63) is 96.4 Å². The molecule has 2 aromatic carbocycles. The molecule has 2 fully saturated rings. The lowest BCUT2D eigenvalue weighted by Gasteiger charge is -2.41. The molecule has 0 unspecified atom stereocenters. The summed E-state index contributed by atoms with van der Waals surface area (Å²) in [7, 11) is 1.49. The number of ether oxygens (including phenoxy) is 1. The van der Waals surface area contributed by atoms with Gasteiger partial charge in [0.05, 0.1) is 24.1 Å². The molecule has 2 aromatic heterocycles. The van der Waals surface area contributed by atoms with E-state index in [1.165, 1.54) is 23.1 Å². The number of rotatable bonds is 6. The Morgan fingerprint density at radius 2 is 1.63 bits per heavy atom. The highest BCUT2D eigenvalue weighted by molar-refractivity contribution is 6.30. The largest absolute Gasteiger partial charge is 0.481 e. The molecule has 2 aliphatic heterocycles. The number of nitrogens with zero attached hydrogens (tertiary/aromatic N) is 7. The van der Waals surface area contributed by atoms with Gasteiger partial charge in [0.25, 0.3) is 5.91 Å². The number of benzene rings is 2. The van der Waals surface area contributed by atoms with Gasteiger partial charge in [-0.15, -0.1) is 0 Å². The van der Waals surface area contributed by atoms with Crippen molar-refractivity contribution in [1.82, 2.24) is 19.9 Å². The van der Waals surface area contributed by atoms with Crippen LogP contribution in [-0.2, 0) is 11.3 Å². The fourth-order valence-corrected chi connectivity index (χ4v) is 5.56. The van der Waals surface area contributed by atoms with Gasteiger partial charge in [-0.1, -0.05) is 42.5 Å². The molecule has 0 N–H and O–H groups in total. The summed E-state index contributed by atoms with van der Waals surface area (Å²) in [5.41, 5.74) is 2.56. The minimum Gasteiger partial charge on any atom is -0.481 e. The zero-order valence-corrected chi connectivity index (χ0v) is 22.5. The number of aromatic nitrogens is 3. The van der Waals surface area contributed by atoms with Crippen LogP contribution in [-0.4, -0.2) is 57.5 Å². The Morgan fingerprint density at radius 3 is 2.34 bits per heavy atom. The number of anilines is 2. The molecule has 41 heavy (non-hydrogen) atoms. The second kappa shape index (κ2) is 10.8. The normalized spacial score (nSPS) is 16.7. The van der Waals surface area contributed by atoms with E-state index in [2.05, 4.69) is 25.9 Å². The van der Waals surface area contributed by atoms with Crippen LogP contribution in [0.5, 0.6) is 5.88 Å². The van der Waals surface area contributed by atoms with E-state index in [1.807, 2.05) is 42.5 Å². The second-order valence-corrected chi connectivity index (χ2v) is 9.99. The first-order chi connectivity index (χ1) is 20.0. The maximum Gasteiger partial charge on any atom is 0.339 e. The van der Waals surface area contributed by atoms with E-state index in [4.69, 9.17) is 4.74 Å². The Labute approximate surface area is 237 Å². The molecule has 1 spiro atoms. The van der Waals surface area contributed by atoms with Crippen molar-refractivity contribution in [1.29, 1.82) is 5.26 Å². The summed E-state index contributed by atoms with van der Waals surface area (Å²) < 4.78 is 5.30. The number of piperidine rings is 1. The molecule has 0 saturated carbocycles. The summed E-state index contributed by atoms with van der Waals surface area (Å²) in [5.74, 6) is 0.111. The molecule has 2 aliphatic rings. The number of hydrogen-bond donors (Lipinski definition) is 0. The van der Waals surface area contributed by atoms with Crippen molar-refractivity contribution in [3.63, 3.8) is 0 Å². The van der Waals surface area contributed by atoms with Gasteiger partial charge in [0, 0.05) is 38.1 Å². The smallest absolute Gasteiger partial charge is 0.339 e. The minimum absolute atomic E-state index is 0.121. The van der Waals surface area contributed by atoms with E-state index < -0.39 is 11.6 Å². The van der Waals surface area contributed by atoms with Gasteiger partial charge in [-0.3, -0.25) is 14.7 Å². The average molecular weight is 546 g/mol. The van der Waals surface area contributed by atoms with Crippen LogP contribution in [0.4, 0.5) is 16.4 Å². The van der Waals surface area contributed by atoms with Gasteiger partial charge >= 0.3 is 6.03 Å². The third-order valence-corrected chi connectivity index (χ3v) is 7.74. The minimum atomic E-state index is -1.17. The van der Waals surface area contributed by atoms with Crippen molar-refractivity contribution in [2.45, 2.75) is 24.9 Å². The van der Waals surface area contributed by atoms with Crippen LogP contribution in [0.2, 0.25) is 0 Å². The molecule has 3 amide bonds. The van der Waals surface area contributed by atoms with Gasteiger partial charge in [0.15, 0.2) is 0 Å². The first kappa shape index (κ1) is 26.1. The zero-order chi connectivity index (χ0) is 28.4. The van der Waals surface area contributed by atoms with Gasteiger partial charge < -0.3 is 4.74 Å². The zero-order valence-electron chi connectivity index (χ0n) is 22.5. The van der Waals surface area contributed by atoms with E-state index >= 15 is 0 Å². The lowest BCUT2D eigenvalue weighted by atomic mass is 9.85. The van der Waals surface area contributed by atoms with Crippen LogP contribution in [0.25, 0.3) is 11.1 Å². The maximum absolute atomic E-state index is 14.3. The Kier molecular flexibility index (Phi) is 6.87. The van der Waals surface area contributed by atoms with Crippen LogP contribution in [0, 0.1) is 11.3 Å². The van der Waals surface area contributed by atoms with Gasteiger partial charge in [-0.25, -0.2) is 19.6 Å². The number of urea groups is 1. The average Bonchev–Trinajstić information content (AvgIpc) is 3.24. The summed E-state index contributed by atoms with van der Waals surface area (Å²) in [4.78, 5) is 46.3. The monoisotopic (exact) mass is 545 g/mol. The fourth-order valence-electron chi connectivity index (χ4n) is 5.56. The van der Waals surface area contributed by atoms with Crippen molar-refractivity contribution in [3.8, 4) is 23.1 Å². The molecular formula is C31H27N7O3. The maximum atomic E-state index is 14.3. The Morgan fingerprint density at radius 1 is 0.902 bits per heavy atom. The number of hydrogen-bond acceptors (Lipinski definition) is 8. The molecule has 0 radical (unpaired) electrons. The van der Waals surface area contributed by atoms with Gasteiger partial charge in [-0.05, 0) is 48.2 Å². The second-order valence-electron chi connectivity index (χ2n) is 9.99. The van der Waals surface area contributed by atoms with E-state index in [1.54, 1.807) is 36.5 Å². The van der Waals surface area contributed by atoms with Crippen molar-refractivity contribution >= 4 is 23.6 Å². The molecule has 6 rings (SSSR count). The third-order valence-electron chi connectivity index (χ3n) is 7.74. The summed E-state index contributed by atoms with van der Waals surface area (Å²) in [6, 6.07) is 24.1. The van der Waals surface area contributed by atoms with E-state index in [9.17, 15) is 14.9 Å². The van der Waals surface area contributed by atoms with Crippen LogP contribution in [0.3, 0.4) is 0 Å². The molecule has 0 atom stereocenters. The number of amides is 3. The summed E-state index contributed by atoms with van der Waals surface area (Å²) in [6.45, 7) is 1.51. The molecule has 0 aliphatic carbocycles. The van der Waals surface area contributed by atoms with Crippen LogP contribution in [0.1, 0.15) is 24.1 Å². The predicted molar refractivity (Wildman–Crippen MR) is 152 cm³/mol. The van der Waals surface area contributed by atoms with E-state index in [-0.39, 0.29) is 11.9 Å². The van der Waals surface area contributed by atoms with E-state index in [0.717, 1.165) is 11.1 Å². The molecule has 2 saturated heterocycles. The van der Waals surface area contributed by atoms with Crippen molar-refractivity contribution in [2.75, 3.05) is 30.0 Å². The summed E-state index contributed by atoms with van der Waals surface area (Å²) >= 11 is 0. The first-order valence-electron chi connectivity index (χ1n) is 13.3. The lowest BCUT2D eigenvalue weighted by Crippen LogP contribution is -2.57. The Hall–Kier alpha value is -5.14. The predicted octanol–water partition coefficient (Wildman–Crippen LogP) is 4.43. The van der Waals surface area contributed by atoms with Crippen molar-refractivity contribution < 1.29 is 14.3 Å². The molecule has 0 bridgehead atoms. The molecule has 204 valence electrons. The first-order valence-corrected chi connectivity index (χ1v) is 13.3. The highest BCUT2D eigenvalue weighted by Gasteiger charge is 2.60. The van der Waals surface area contributed by atoms with Crippen LogP contribution >= 0.6 is 0 Å². The number of imide groups is 1. The topological polar surface area (TPSA) is 116 Å². The number of likely N-dealkylation sites (tertiary alicyclic amines) is 1. The van der Waals surface area contributed by atoms with Crippen LogP contribution in [0.15, 0.2) is 85.2 Å². The molecule has 10 heteroatoms. The van der Waals surface area contributed by atoms with E-state index in [0.29, 0.717) is 55.3 Å². The highest BCUT2D eigenvalue weighted by Crippen LogP contribution is 2.42. The van der Waals surface area contributed by atoms with Crippen LogP contribution < -0.4 is 14.5 Å². The number of carbonyl (C=O) groups excluding carboxylic acids is 2. The third kappa shape index (κ3) is 4.66. The SMILES string of the molecule is COc1ccnc(N2C(=O)N(c3ccc(-c4ccccc4)cc3)C(=O)C23CCN(Cc2ncccc2C#N)CC3)n1. The quantitative estimate of drug-likeness (QED) is 0.327.